The summed E-state index contributed by atoms with van der Waals surface area (Å²) in [5.74, 6) is -1.13. The van der Waals surface area contributed by atoms with Crippen molar-refractivity contribution in [2.24, 2.45) is 11.3 Å². The average Bonchev–Trinajstić information content (AvgIpc) is 4.00. The van der Waals surface area contributed by atoms with Crippen molar-refractivity contribution in [2.75, 3.05) is 19.0 Å². The number of ether oxygens (including phenoxy) is 2. The number of aromatic nitrogens is 1. The van der Waals surface area contributed by atoms with Crippen LogP contribution >= 0.6 is 0 Å². The van der Waals surface area contributed by atoms with Crippen LogP contribution in [0.15, 0.2) is 73.4 Å². The Labute approximate surface area is 286 Å². The van der Waals surface area contributed by atoms with Gasteiger partial charge in [0.25, 0.3) is 5.91 Å². The maximum atomic E-state index is 14.5. The van der Waals surface area contributed by atoms with Crippen molar-refractivity contribution in [3.05, 3.63) is 73.4 Å². The SMILES string of the molecule is C=C[C@@H]1C[C@]1(NC(=O)[C@@H]1C[C@@H](Oc2nccc3cc(OC)ccc23)CN1C(=O)[C@H](Nc1ccccc1)C(C)(C)C)C(=O)NS(=O)(=O)C1CC1. The van der Waals surface area contributed by atoms with E-state index >= 15 is 0 Å². The lowest BCUT2D eigenvalue weighted by atomic mass is 9.85. The highest BCUT2D eigenvalue weighted by Crippen LogP contribution is 2.45. The fourth-order valence-corrected chi connectivity index (χ4v) is 7.78. The minimum atomic E-state index is -3.86. The van der Waals surface area contributed by atoms with Gasteiger partial charge in [-0.2, -0.15) is 0 Å². The van der Waals surface area contributed by atoms with Gasteiger partial charge in [-0.05, 0) is 66.5 Å². The largest absolute Gasteiger partial charge is 0.497 e. The third kappa shape index (κ3) is 7.08. The molecule has 1 aliphatic heterocycles. The predicted molar refractivity (Wildman–Crippen MR) is 185 cm³/mol. The second kappa shape index (κ2) is 13.0. The van der Waals surface area contributed by atoms with Crippen LogP contribution in [0.5, 0.6) is 11.6 Å². The number of hydrogen-bond acceptors (Lipinski definition) is 9. The number of carbonyl (C=O) groups excluding carboxylic acids is 3. The first-order valence-electron chi connectivity index (χ1n) is 16.5. The molecule has 13 heteroatoms. The van der Waals surface area contributed by atoms with Crippen LogP contribution in [0.25, 0.3) is 10.8 Å². The summed E-state index contributed by atoms with van der Waals surface area (Å²) in [6, 6.07) is 15.0. The molecule has 0 unspecified atom stereocenters. The summed E-state index contributed by atoms with van der Waals surface area (Å²) in [5, 5.41) is 7.19. The number of hydrogen-bond donors (Lipinski definition) is 3. The summed E-state index contributed by atoms with van der Waals surface area (Å²) in [4.78, 5) is 48.2. The lowest BCUT2D eigenvalue weighted by Crippen LogP contribution is -2.58. The zero-order chi connectivity index (χ0) is 35.1. The molecule has 260 valence electrons. The Balaban J connectivity index is 1.29. The molecule has 6 rings (SSSR count). The molecule has 2 saturated carbocycles. The minimum Gasteiger partial charge on any atom is -0.497 e. The van der Waals surface area contributed by atoms with Crippen molar-refractivity contribution in [3.63, 3.8) is 0 Å². The van der Waals surface area contributed by atoms with Gasteiger partial charge >= 0.3 is 0 Å². The summed E-state index contributed by atoms with van der Waals surface area (Å²) >= 11 is 0. The number of nitrogens with zero attached hydrogens (tertiary/aromatic N) is 2. The average molecular weight is 690 g/mol. The third-order valence-electron chi connectivity index (χ3n) is 9.51. The Morgan fingerprint density at radius 2 is 1.84 bits per heavy atom. The molecule has 3 N–H and O–H groups in total. The number of fused-ring (bicyclic) bond motifs is 1. The van der Waals surface area contributed by atoms with Crippen molar-refractivity contribution in [2.45, 2.75) is 75.4 Å². The number of sulfonamides is 1. The first-order chi connectivity index (χ1) is 23.3. The van der Waals surface area contributed by atoms with Gasteiger partial charge in [0.05, 0.1) is 18.9 Å². The zero-order valence-corrected chi connectivity index (χ0v) is 29.0. The van der Waals surface area contributed by atoms with E-state index in [1.807, 2.05) is 69.3 Å². The molecule has 1 aromatic heterocycles. The van der Waals surface area contributed by atoms with E-state index in [1.165, 1.54) is 11.0 Å². The molecule has 2 aliphatic carbocycles. The van der Waals surface area contributed by atoms with Crippen LogP contribution in [-0.2, 0) is 24.4 Å². The summed E-state index contributed by atoms with van der Waals surface area (Å²) in [7, 11) is -2.27. The van der Waals surface area contributed by atoms with Gasteiger partial charge in [0.2, 0.25) is 27.7 Å². The van der Waals surface area contributed by atoms with E-state index in [0.717, 1.165) is 16.5 Å². The summed E-state index contributed by atoms with van der Waals surface area (Å²) in [6.45, 7) is 9.69. The molecule has 3 amide bonds. The lowest BCUT2D eigenvalue weighted by molar-refractivity contribution is -0.141. The topological polar surface area (TPSA) is 156 Å². The van der Waals surface area contributed by atoms with Crippen LogP contribution in [0.2, 0.25) is 0 Å². The van der Waals surface area contributed by atoms with Crippen molar-refractivity contribution >= 4 is 44.2 Å². The molecule has 3 fully saturated rings. The third-order valence-corrected chi connectivity index (χ3v) is 11.3. The number of amides is 3. The Kier molecular flexibility index (Phi) is 9.08. The molecule has 0 bridgehead atoms. The van der Waals surface area contributed by atoms with Crippen LogP contribution in [-0.4, -0.2) is 78.7 Å². The molecule has 3 aromatic rings. The van der Waals surface area contributed by atoms with Gasteiger partial charge in [0.15, 0.2) is 0 Å². The van der Waals surface area contributed by atoms with Crippen molar-refractivity contribution in [1.29, 1.82) is 0 Å². The highest BCUT2D eigenvalue weighted by molar-refractivity contribution is 7.91. The van der Waals surface area contributed by atoms with E-state index < -0.39 is 62.1 Å². The highest BCUT2D eigenvalue weighted by Gasteiger charge is 2.62. The predicted octanol–water partition coefficient (Wildman–Crippen LogP) is 3.79. The number of carbonyl (C=O) groups is 3. The minimum absolute atomic E-state index is 0.0777. The number of benzene rings is 2. The maximum absolute atomic E-state index is 14.5. The monoisotopic (exact) mass is 689 g/mol. The number of pyridine rings is 1. The van der Waals surface area contributed by atoms with E-state index in [2.05, 4.69) is 26.9 Å². The molecule has 5 atom stereocenters. The number of rotatable bonds is 12. The van der Waals surface area contributed by atoms with Gasteiger partial charge in [-0.25, -0.2) is 13.4 Å². The van der Waals surface area contributed by atoms with E-state index in [-0.39, 0.29) is 25.3 Å². The molecule has 0 spiro atoms. The second-order valence-corrected chi connectivity index (χ2v) is 16.1. The second-order valence-electron chi connectivity index (χ2n) is 14.2. The highest BCUT2D eigenvalue weighted by atomic mass is 32.2. The molecular weight excluding hydrogens is 646 g/mol. The first kappa shape index (κ1) is 34.2. The van der Waals surface area contributed by atoms with Crippen LogP contribution in [0.4, 0.5) is 5.69 Å². The fourth-order valence-electron chi connectivity index (χ4n) is 6.42. The quantitative estimate of drug-likeness (QED) is 0.241. The zero-order valence-electron chi connectivity index (χ0n) is 28.1. The molecule has 3 aliphatic rings. The van der Waals surface area contributed by atoms with E-state index in [4.69, 9.17) is 9.47 Å². The molecule has 2 heterocycles. The fraction of sp³-hybridized carbons (Fsp3) is 0.444. The summed E-state index contributed by atoms with van der Waals surface area (Å²) in [6.07, 6.45) is 3.82. The molecule has 12 nitrogen and oxygen atoms in total. The van der Waals surface area contributed by atoms with Crippen LogP contribution in [0.1, 0.15) is 46.5 Å². The normalized spacial score (nSPS) is 24.1. The van der Waals surface area contributed by atoms with Gasteiger partial charge < -0.3 is 25.0 Å². The maximum Gasteiger partial charge on any atom is 0.259 e. The van der Waals surface area contributed by atoms with Crippen LogP contribution < -0.4 is 24.8 Å². The number of anilines is 1. The van der Waals surface area contributed by atoms with Gasteiger partial charge in [-0.1, -0.05) is 45.0 Å². The number of nitrogens with one attached hydrogen (secondary N) is 3. The van der Waals surface area contributed by atoms with Gasteiger partial charge in [-0.15, -0.1) is 6.58 Å². The smallest absolute Gasteiger partial charge is 0.259 e. The van der Waals surface area contributed by atoms with E-state index in [1.54, 1.807) is 19.4 Å². The van der Waals surface area contributed by atoms with E-state index in [9.17, 15) is 22.8 Å². The Morgan fingerprint density at radius 3 is 2.47 bits per heavy atom. The van der Waals surface area contributed by atoms with Crippen LogP contribution in [0, 0.1) is 11.3 Å². The number of para-hydroxylation sites is 1. The molecule has 1 saturated heterocycles. The van der Waals surface area contributed by atoms with Gasteiger partial charge in [-0.3, -0.25) is 19.1 Å². The Hall–Kier alpha value is -4.65. The van der Waals surface area contributed by atoms with Crippen molar-refractivity contribution in [1.82, 2.24) is 19.9 Å². The van der Waals surface area contributed by atoms with Gasteiger partial charge in [0, 0.05) is 29.6 Å². The molecule has 49 heavy (non-hydrogen) atoms. The molecular formula is C36H43N5O7S. The Morgan fingerprint density at radius 1 is 1.10 bits per heavy atom. The van der Waals surface area contributed by atoms with Gasteiger partial charge in [0.1, 0.15) is 29.5 Å². The molecule has 2 aromatic carbocycles. The van der Waals surface area contributed by atoms with Crippen LogP contribution in [0.3, 0.4) is 0 Å². The number of methoxy groups -OCH3 is 1. The summed E-state index contributed by atoms with van der Waals surface area (Å²) < 4.78 is 39.3. The van der Waals surface area contributed by atoms with E-state index in [0.29, 0.717) is 24.5 Å². The number of likely N-dealkylation sites (tertiary alicyclic amines) is 1. The summed E-state index contributed by atoms with van der Waals surface area (Å²) in [5.41, 5.74) is -1.30. The lowest BCUT2D eigenvalue weighted by Gasteiger charge is -2.36. The molecule has 0 radical (unpaired) electrons. The standard InChI is InChI=1S/C36H43N5O7S/c1-6-23-20-36(23,34(44)40-49(45,46)27-13-14-27)39-31(42)29-19-26(48-32-28-15-12-25(47-5)18-22(28)16-17-37-32)21-41(29)33(43)30(35(2,3)4)38-24-10-8-7-9-11-24/h6-12,15-18,23,26-27,29-30,38H,1,13-14,19-21H2,2-5H3,(H,39,42)(H,40,44)/t23-,26-,29+,30+,36-/m1/s1. The van der Waals surface area contributed by atoms with Crippen molar-refractivity contribution in [3.8, 4) is 11.6 Å². The van der Waals surface area contributed by atoms with Crippen molar-refractivity contribution < 1.29 is 32.3 Å². The Bertz CT molecular complexity index is 1880. The first-order valence-corrected chi connectivity index (χ1v) is 18.0.